The van der Waals surface area contributed by atoms with Gasteiger partial charge in [0.2, 0.25) is 6.17 Å². The van der Waals surface area contributed by atoms with Crippen LogP contribution in [0.1, 0.15) is 35.6 Å². The molecule has 10 heteroatoms. The van der Waals surface area contributed by atoms with E-state index in [0.29, 0.717) is 42.1 Å². The SMILES string of the molecule is O=C1Nc2ccccc2C(c2ccccc2)=NC1Nc1nnc(-c2nc(C3CC3)ccc2N2CCOCC2)o1. The predicted octanol–water partition coefficient (Wildman–Crippen LogP) is 4.07. The minimum Gasteiger partial charge on any atom is -0.402 e. The molecular formula is C29H27N7O3. The van der Waals surface area contributed by atoms with Gasteiger partial charge >= 0.3 is 6.01 Å². The number of ether oxygens (including phenoxy) is 1. The smallest absolute Gasteiger partial charge is 0.317 e. The molecule has 1 atom stereocenters. The molecule has 3 aliphatic rings. The Hall–Kier alpha value is -4.57. The van der Waals surface area contributed by atoms with E-state index in [4.69, 9.17) is 19.1 Å². The molecule has 2 N–H and O–H groups in total. The van der Waals surface area contributed by atoms with Gasteiger partial charge in [0.1, 0.15) is 0 Å². The van der Waals surface area contributed by atoms with Crippen LogP contribution in [0.3, 0.4) is 0 Å². The standard InChI is InChI=1S/C29H27N7O3/c37-27-26(32-24(19-6-2-1-3-7-19)20-8-4-5-9-22(20)31-27)33-29-35-34-28(39-29)25-23(36-14-16-38-17-15-36)13-12-21(30-25)18-10-11-18/h1-9,12-13,18,26H,10-11,14-17H2,(H,31,37)(H,33,35). The summed E-state index contributed by atoms with van der Waals surface area (Å²) < 4.78 is 11.6. The number of morpholine rings is 1. The summed E-state index contributed by atoms with van der Waals surface area (Å²) in [5, 5.41) is 14.5. The quantitative estimate of drug-likeness (QED) is 0.390. The molecule has 196 valence electrons. The van der Waals surface area contributed by atoms with E-state index in [1.54, 1.807) is 0 Å². The number of benzene rings is 2. The number of nitrogens with one attached hydrogen (secondary N) is 2. The second kappa shape index (κ2) is 9.95. The predicted molar refractivity (Wildman–Crippen MR) is 147 cm³/mol. The van der Waals surface area contributed by atoms with Gasteiger partial charge in [-0.15, -0.1) is 5.10 Å². The number of benzodiazepines with no additional fused rings is 1. The van der Waals surface area contributed by atoms with Crippen LogP contribution in [-0.2, 0) is 9.53 Å². The van der Waals surface area contributed by atoms with E-state index in [9.17, 15) is 4.79 Å². The van der Waals surface area contributed by atoms with Gasteiger partial charge in [-0.2, -0.15) is 0 Å². The molecule has 2 fully saturated rings. The Morgan fingerprint density at radius 3 is 2.54 bits per heavy atom. The zero-order valence-corrected chi connectivity index (χ0v) is 21.2. The number of fused-ring (bicyclic) bond motifs is 1. The molecule has 2 aromatic heterocycles. The summed E-state index contributed by atoms with van der Waals surface area (Å²) >= 11 is 0. The van der Waals surface area contributed by atoms with E-state index in [0.717, 1.165) is 48.4 Å². The van der Waals surface area contributed by atoms with Crippen LogP contribution in [0.15, 0.2) is 76.1 Å². The number of aromatic nitrogens is 3. The van der Waals surface area contributed by atoms with E-state index >= 15 is 0 Å². The fraction of sp³-hybridized carbons (Fsp3) is 0.276. The van der Waals surface area contributed by atoms with Gasteiger partial charge < -0.3 is 24.7 Å². The number of nitrogens with zero attached hydrogens (tertiary/aromatic N) is 5. The Morgan fingerprint density at radius 1 is 0.923 bits per heavy atom. The van der Waals surface area contributed by atoms with Gasteiger partial charge in [-0.25, -0.2) is 9.98 Å². The van der Waals surface area contributed by atoms with Crippen molar-refractivity contribution in [1.29, 1.82) is 0 Å². The van der Waals surface area contributed by atoms with Crippen LogP contribution >= 0.6 is 0 Å². The first kappa shape index (κ1) is 23.5. The molecule has 0 bridgehead atoms. The van der Waals surface area contributed by atoms with Crippen molar-refractivity contribution in [2.45, 2.75) is 24.9 Å². The molecule has 2 aromatic carbocycles. The van der Waals surface area contributed by atoms with Gasteiger partial charge in [-0.1, -0.05) is 53.6 Å². The third kappa shape index (κ3) is 4.74. The number of aliphatic imine (C=N–C) groups is 1. The zero-order chi connectivity index (χ0) is 26.2. The first-order valence-electron chi connectivity index (χ1n) is 13.2. The monoisotopic (exact) mass is 521 g/mol. The fourth-order valence-electron chi connectivity index (χ4n) is 4.97. The van der Waals surface area contributed by atoms with Gasteiger partial charge in [0.15, 0.2) is 5.69 Å². The van der Waals surface area contributed by atoms with Gasteiger partial charge in [0, 0.05) is 35.8 Å². The highest BCUT2D eigenvalue weighted by Gasteiger charge is 2.30. The Labute approximate surface area is 225 Å². The lowest BCUT2D eigenvalue weighted by Crippen LogP contribution is -2.36. The number of hydrogen-bond donors (Lipinski definition) is 2. The average Bonchev–Trinajstić information content (AvgIpc) is 3.76. The lowest BCUT2D eigenvalue weighted by atomic mass is 10.0. The van der Waals surface area contributed by atoms with Crippen LogP contribution < -0.4 is 15.5 Å². The average molecular weight is 522 g/mol. The molecule has 1 aliphatic carbocycles. The van der Waals surface area contributed by atoms with Crippen molar-refractivity contribution in [2.75, 3.05) is 41.8 Å². The lowest BCUT2D eigenvalue weighted by molar-refractivity contribution is -0.116. The van der Waals surface area contributed by atoms with Crippen molar-refractivity contribution in [3.8, 4) is 11.6 Å². The van der Waals surface area contributed by atoms with Crippen molar-refractivity contribution in [2.24, 2.45) is 4.99 Å². The summed E-state index contributed by atoms with van der Waals surface area (Å²) in [7, 11) is 0. The molecule has 1 amide bonds. The van der Waals surface area contributed by atoms with Gasteiger partial charge in [-0.05, 0) is 31.0 Å². The van der Waals surface area contributed by atoms with Crippen molar-refractivity contribution in [3.63, 3.8) is 0 Å². The maximum absolute atomic E-state index is 13.2. The molecule has 2 aliphatic heterocycles. The van der Waals surface area contributed by atoms with Crippen molar-refractivity contribution in [1.82, 2.24) is 15.2 Å². The number of anilines is 3. The van der Waals surface area contributed by atoms with E-state index in [-0.39, 0.29) is 11.9 Å². The maximum Gasteiger partial charge on any atom is 0.317 e. The summed E-state index contributed by atoms with van der Waals surface area (Å²) in [6.07, 6.45) is 1.30. The highest BCUT2D eigenvalue weighted by molar-refractivity contribution is 6.19. The first-order valence-corrected chi connectivity index (χ1v) is 13.2. The Morgan fingerprint density at radius 2 is 1.72 bits per heavy atom. The minimum atomic E-state index is -0.981. The van der Waals surface area contributed by atoms with E-state index in [2.05, 4.69) is 37.9 Å². The van der Waals surface area contributed by atoms with Gasteiger partial charge in [0.25, 0.3) is 11.8 Å². The zero-order valence-electron chi connectivity index (χ0n) is 21.2. The van der Waals surface area contributed by atoms with Crippen LogP contribution in [0.25, 0.3) is 11.6 Å². The molecule has 4 aromatic rings. The highest BCUT2D eigenvalue weighted by Crippen LogP contribution is 2.41. The largest absolute Gasteiger partial charge is 0.402 e. The molecule has 4 heterocycles. The normalized spacial score (nSPS) is 19.1. The van der Waals surface area contributed by atoms with Gasteiger partial charge in [-0.3, -0.25) is 4.79 Å². The number of para-hydroxylation sites is 1. The summed E-state index contributed by atoms with van der Waals surface area (Å²) in [5.74, 6) is 0.451. The van der Waals surface area contributed by atoms with Gasteiger partial charge in [0.05, 0.1) is 30.3 Å². The molecular weight excluding hydrogens is 494 g/mol. The number of carbonyl (C=O) groups is 1. The minimum absolute atomic E-state index is 0.0961. The second-order valence-electron chi connectivity index (χ2n) is 9.82. The Kier molecular flexibility index (Phi) is 6.01. The van der Waals surface area contributed by atoms with E-state index in [1.807, 2.05) is 54.6 Å². The molecule has 10 nitrogen and oxygen atoms in total. The molecule has 7 rings (SSSR count). The number of carbonyl (C=O) groups excluding carboxylic acids is 1. The van der Waals surface area contributed by atoms with Crippen LogP contribution in [0, 0.1) is 0 Å². The summed E-state index contributed by atoms with van der Waals surface area (Å²) in [5.41, 5.74) is 5.73. The van der Waals surface area contributed by atoms with Crippen molar-refractivity contribution in [3.05, 3.63) is 83.6 Å². The molecule has 1 saturated carbocycles. The molecule has 0 spiro atoms. The number of hydrogen-bond acceptors (Lipinski definition) is 9. The van der Waals surface area contributed by atoms with Crippen LogP contribution in [0.4, 0.5) is 17.4 Å². The lowest BCUT2D eigenvalue weighted by Gasteiger charge is -2.29. The van der Waals surface area contributed by atoms with E-state index < -0.39 is 6.17 Å². The molecule has 1 saturated heterocycles. The Bertz CT molecular complexity index is 1540. The van der Waals surface area contributed by atoms with Crippen molar-refractivity contribution >= 4 is 29.0 Å². The number of amides is 1. The van der Waals surface area contributed by atoms with Crippen molar-refractivity contribution < 1.29 is 13.9 Å². The van der Waals surface area contributed by atoms with E-state index in [1.165, 1.54) is 0 Å². The third-order valence-corrected chi connectivity index (χ3v) is 7.12. The molecule has 39 heavy (non-hydrogen) atoms. The summed E-state index contributed by atoms with van der Waals surface area (Å²) in [6.45, 7) is 2.83. The third-order valence-electron chi connectivity index (χ3n) is 7.12. The molecule has 0 radical (unpaired) electrons. The Balaban J connectivity index is 1.22. The summed E-state index contributed by atoms with van der Waals surface area (Å²) in [6, 6.07) is 21.7. The van der Waals surface area contributed by atoms with Crippen LogP contribution in [-0.4, -0.2) is 59.3 Å². The fourth-order valence-corrected chi connectivity index (χ4v) is 4.97. The molecule has 1 unspecified atom stereocenters. The maximum atomic E-state index is 13.2. The number of pyridine rings is 1. The van der Waals surface area contributed by atoms with Crippen LogP contribution in [0.5, 0.6) is 0 Å². The number of rotatable bonds is 6. The summed E-state index contributed by atoms with van der Waals surface area (Å²) in [4.78, 5) is 25.2. The van der Waals surface area contributed by atoms with Crippen LogP contribution in [0.2, 0.25) is 0 Å². The topological polar surface area (TPSA) is 118 Å². The first-order chi connectivity index (χ1) is 19.2. The second-order valence-corrected chi connectivity index (χ2v) is 9.82. The highest BCUT2D eigenvalue weighted by atomic mass is 16.5.